The molecule has 2 rings (SSSR count). The number of nitrogens with zero attached hydrogens (tertiary/aromatic N) is 3. The van der Waals surface area contributed by atoms with Crippen LogP contribution in [-0.2, 0) is 14.9 Å². The largest absolute Gasteiger partial charge is 0.383 e. The highest BCUT2D eigenvalue weighted by atomic mass is 32.2. The van der Waals surface area contributed by atoms with Gasteiger partial charge in [0.15, 0.2) is 0 Å². The van der Waals surface area contributed by atoms with Crippen molar-refractivity contribution in [2.24, 2.45) is 0 Å². The van der Waals surface area contributed by atoms with Crippen LogP contribution in [-0.4, -0.2) is 35.2 Å². The van der Waals surface area contributed by atoms with E-state index in [0.29, 0.717) is 21.1 Å². The second-order valence-electron chi connectivity index (χ2n) is 5.53. The zero-order chi connectivity index (χ0) is 20.0. The van der Waals surface area contributed by atoms with Crippen molar-refractivity contribution >= 4 is 50.5 Å². The number of hydrogen-bond acceptors (Lipinski definition) is 9. The molecular formula is C16H16N4O4S3. The van der Waals surface area contributed by atoms with Crippen molar-refractivity contribution in [3.05, 3.63) is 35.4 Å². The van der Waals surface area contributed by atoms with Gasteiger partial charge in [-0.1, -0.05) is 37.7 Å². The molecule has 0 saturated heterocycles. The first-order valence-corrected chi connectivity index (χ1v) is 11.1. The van der Waals surface area contributed by atoms with E-state index in [9.17, 15) is 18.5 Å². The smallest absolute Gasteiger partial charge is 0.306 e. The molecule has 1 aromatic carbocycles. The second-order valence-corrected chi connectivity index (χ2v) is 9.40. The van der Waals surface area contributed by atoms with E-state index in [4.69, 9.17) is 4.18 Å². The molecule has 8 nitrogen and oxygen atoms in total. The van der Waals surface area contributed by atoms with Crippen molar-refractivity contribution in [3.63, 3.8) is 0 Å². The van der Waals surface area contributed by atoms with Gasteiger partial charge in [0.2, 0.25) is 10.3 Å². The third-order valence-corrected chi connectivity index (χ3v) is 4.88. The first kappa shape index (κ1) is 20.9. The minimum Gasteiger partial charge on any atom is -0.383 e. The standard InChI is InChI=1S/C16H16N4O4S3/c1-10(2)25-16-19-15(26-20-16)18-14(21)12(9-17)8-11-4-6-13(7-5-11)24-27(3,22)23/h4-8,10H,1-3H3,(H,18,19,20,21). The Morgan fingerprint density at radius 1 is 1.37 bits per heavy atom. The summed E-state index contributed by atoms with van der Waals surface area (Å²) in [6.07, 6.45) is 2.32. The number of hydrogen-bond donors (Lipinski definition) is 1. The molecule has 142 valence electrons. The Morgan fingerprint density at radius 2 is 2.04 bits per heavy atom. The minimum atomic E-state index is -3.62. The van der Waals surface area contributed by atoms with Crippen LogP contribution >= 0.6 is 23.3 Å². The molecule has 0 aliphatic rings. The van der Waals surface area contributed by atoms with Gasteiger partial charge in [0.1, 0.15) is 17.4 Å². The van der Waals surface area contributed by atoms with Gasteiger partial charge in [-0.3, -0.25) is 10.1 Å². The van der Waals surface area contributed by atoms with E-state index in [1.807, 2.05) is 19.9 Å². The fourth-order valence-electron chi connectivity index (χ4n) is 1.79. The molecule has 0 saturated carbocycles. The Hall–Kier alpha value is -2.42. The summed E-state index contributed by atoms with van der Waals surface area (Å²) < 4.78 is 31.0. The van der Waals surface area contributed by atoms with Crippen LogP contribution in [0.3, 0.4) is 0 Å². The van der Waals surface area contributed by atoms with Crippen LogP contribution in [0.15, 0.2) is 35.0 Å². The number of benzene rings is 1. The fraction of sp³-hybridized carbons (Fsp3) is 0.250. The quantitative estimate of drug-likeness (QED) is 0.312. The molecule has 27 heavy (non-hydrogen) atoms. The lowest BCUT2D eigenvalue weighted by Gasteiger charge is -2.03. The molecule has 0 spiro atoms. The highest BCUT2D eigenvalue weighted by molar-refractivity contribution is 7.99. The normalized spacial score (nSPS) is 11.9. The zero-order valence-corrected chi connectivity index (χ0v) is 17.1. The molecule has 0 aliphatic heterocycles. The molecular weight excluding hydrogens is 408 g/mol. The topological polar surface area (TPSA) is 122 Å². The van der Waals surface area contributed by atoms with Crippen LogP contribution in [0, 0.1) is 11.3 Å². The van der Waals surface area contributed by atoms with E-state index < -0.39 is 16.0 Å². The summed E-state index contributed by atoms with van der Waals surface area (Å²) in [6, 6.07) is 7.77. The Kier molecular flexibility index (Phi) is 6.95. The molecule has 1 heterocycles. The van der Waals surface area contributed by atoms with Crippen molar-refractivity contribution < 1.29 is 17.4 Å². The average Bonchev–Trinajstić information content (AvgIpc) is 2.98. The van der Waals surface area contributed by atoms with Gasteiger partial charge in [-0.05, 0) is 23.8 Å². The zero-order valence-electron chi connectivity index (χ0n) is 14.7. The molecule has 0 aliphatic carbocycles. The van der Waals surface area contributed by atoms with E-state index in [1.165, 1.54) is 42.1 Å². The van der Waals surface area contributed by atoms with Crippen LogP contribution in [0.1, 0.15) is 19.4 Å². The van der Waals surface area contributed by atoms with Gasteiger partial charge in [-0.2, -0.15) is 23.0 Å². The van der Waals surface area contributed by atoms with Crippen molar-refractivity contribution in [1.82, 2.24) is 9.36 Å². The number of nitrogens with one attached hydrogen (secondary N) is 1. The number of nitriles is 1. The molecule has 0 atom stereocenters. The summed E-state index contributed by atoms with van der Waals surface area (Å²) in [5.74, 6) is -0.465. The summed E-state index contributed by atoms with van der Waals surface area (Å²) in [5, 5.41) is 13.0. The molecule has 0 radical (unpaired) electrons. The lowest BCUT2D eigenvalue weighted by molar-refractivity contribution is -0.112. The van der Waals surface area contributed by atoms with Crippen LogP contribution in [0.25, 0.3) is 6.08 Å². The Morgan fingerprint density at radius 3 is 2.59 bits per heavy atom. The Bertz CT molecular complexity index is 989. The van der Waals surface area contributed by atoms with Crippen LogP contribution in [0.4, 0.5) is 5.13 Å². The minimum absolute atomic E-state index is 0.125. The molecule has 11 heteroatoms. The molecule has 2 aromatic rings. The lowest BCUT2D eigenvalue weighted by Crippen LogP contribution is -2.13. The average molecular weight is 425 g/mol. The van der Waals surface area contributed by atoms with Gasteiger partial charge in [0.25, 0.3) is 5.91 Å². The predicted octanol–water partition coefficient (Wildman–Crippen LogP) is 2.92. The fourth-order valence-corrected chi connectivity index (χ4v) is 3.63. The summed E-state index contributed by atoms with van der Waals surface area (Å²) in [6.45, 7) is 4.01. The van der Waals surface area contributed by atoms with Crippen molar-refractivity contribution in [2.75, 3.05) is 11.6 Å². The lowest BCUT2D eigenvalue weighted by atomic mass is 10.1. The number of carbonyl (C=O) groups is 1. The second kappa shape index (κ2) is 8.98. The van der Waals surface area contributed by atoms with E-state index in [1.54, 1.807) is 0 Å². The van der Waals surface area contributed by atoms with Crippen molar-refractivity contribution in [1.29, 1.82) is 5.26 Å². The van der Waals surface area contributed by atoms with Gasteiger partial charge in [-0.15, -0.1) is 0 Å². The number of amides is 1. The van der Waals surface area contributed by atoms with Gasteiger partial charge < -0.3 is 4.18 Å². The third-order valence-electron chi connectivity index (χ3n) is 2.77. The first-order valence-electron chi connectivity index (χ1n) is 7.59. The molecule has 0 fully saturated rings. The molecule has 0 bridgehead atoms. The van der Waals surface area contributed by atoms with E-state index in [-0.39, 0.29) is 11.3 Å². The monoisotopic (exact) mass is 424 g/mol. The van der Waals surface area contributed by atoms with E-state index >= 15 is 0 Å². The number of carbonyl (C=O) groups excluding carboxylic acids is 1. The highest BCUT2D eigenvalue weighted by Gasteiger charge is 2.14. The van der Waals surface area contributed by atoms with Crippen LogP contribution in [0.5, 0.6) is 5.75 Å². The van der Waals surface area contributed by atoms with Crippen molar-refractivity contribution in [2.45, 2.75) is 24.3 Å². The van der Waals surface area contributed by atoms with E-state index in [0.717, 1.165) is 17.8 Å². The first-order chi connectivity index (χ1) is 12.7. The Labute approximate surface area is 165 Å². The number of thioether (sulfide) groups is 1. The SMILES string of the molecule is CC(C)Sc1nsc(NC(=O)C(C#N)=Cc2ccc(OS(C)(=O)=O)cc2)n1. The summed E-state index contributed by atoms with van der Waals surface area (Å²) in [5.41, 5.74) is 0.413. The summed E-state index contributed by atoms with van der Waals surface area (Å²) in [4.78, 5) is 16.4. The third kappa shape index (κ3) is 7.01. The molecule has 1 amide bonds. The maximum Gasteiger partial charge on any atom is 0.306 e. The predicted molar refractivity (Wildman–Crippen MR) is 105 cm³/mol. The number of anilines is 1. The van der Waals surface area contributed by atoms with Crippen molar-refractivity contribution in [3.8, 4) is 11.8 Å². The number of rotatable bonds is 7. The molecule has 1 N–H and O–H groups in total. The van der Waals surface area contributed by atoms with Gasteiger partial charge in [0.05, 0.1) is 6.26 Å². The maximum atomic E-state index is 12.3. The van der Waals surface area contributed by atoms with Crippen LogP contribution < -0.4 is 9.50 Å². The highest BCUT2D eigenvalue weighted by Crippen LogP contribution is 2.24. The Balaban J connectivity index is 2.09. The summed E-state index contributed by atoms with van der Waals surface area (Å²) >= 11 is 2.51. The van der Waals surface area contributed by atoms with Gasteiger partial charge in [-0.25, -0.2) is 0 Å². The van der Waals surface area contributed by atoms with E-state index in [2.05, 4.69) is 14.7 Å². The molecule has 1 aromatic heterocycles. The van der Waals surface area contributed by atoms with Crippen LogP contribution in [0.2, 0.25) is 0 Å². The maximum absolute atomic E-state index is 12.3. The van der Waals surface area contributed by atoms with Gasteiger partial charge in [0, 0.05) is 16.8 Å². The molecule has 0 unspecified atom stereocenters. The van der Waals surface area contributed by atoms with Gasteiger partial charge >= 0.3 is 10.1 Å². The number of aromatic nitrogens is 2. The summed E-state index contributed by atoms with van der Waals surface area (Å²) in [7, 11) is -3.62.